The van der Waals surface area contributed by atoms with E-state index in [-0.39, 0.29) is 0 Å². The molecule has 0 saturated heterocycles. The van der Waals surface area contributed by atoms with Crippen molar-refractivity contribution in [2.75, 3.05) is 7.05 Å². The summed E-state index contributed by atoms with van der Waals surface area (Å²) in [6.45, 7) is 0.787. The SMILES string of the molecule is CNCc1ncc2cc(Br)ccn12. The van der Waals surface area contributed by atoms with E-state index >= 15 is 0 Å². The lowest BCUT2D eigenvalue weighted by Crippen LogP contribution is -2.08. The predicted octanol–water partition coefficient (Wildman–Crippen LogP) is 1.82. The van der Waals surface area contributed by atoms with Gasteiger partial charge in [0.1, 0.15) is 5.82 Å². The van der Waals surface area contributed by atoms with Crippen molar-refractivity contribution >= 4 is 21.4 Å². The van der Waals surface area contributed by atoms with Crippen molar-refractivity contribution in [3.05, 3.63) is 34.8 Å². The molecule has 0 amide bonds. The van der Waals surface area contributed by atoms with Crippen LogP contribution in [0.15, 0.2) is 29.0 Å². The third-order valence-electron chi connectivity index (χ3n) is 1.91. The van der Waals surface area contributed by atoms with Gasteiger partial charge in [-0.1, -0.05) is 15.9 Å². The number of hydrogen-bond acceptors (Lipinski definition) is 2. The molecular formula is C9H10BrN3. The Morgan fingerprint density at radius 3 is 3.23 bits per heavy atom. The largest absolute Gasteiger partial charge is 0.313 e. The summed E-state index contributed by atoms with van der Waals surface area (Å²) < 4.78 is 3.15. The maximum atomic E-state index is 4.31. The molecule has 0 bridgehead atoms. The third-order valence-corrected chi connectivity index (χ3v) is 2.40. The Labute approximate surface area is 84.9 Å². The van der Waals surface area contributed by atoms with Crippen LogP contribution < -0.4 is 5.32 Å². The van der Waals surface area contributed by atoms with Gasteiger partial charge in [0.25, 0.3) is 0 Å². The van der Waals surface area contributed by atoms with Gasteiger partial charge in [-0.2, -0.15) is 0 Å². The fraction of sp³-hybridized carbons (Fsp3) is 0.222. The molecule has 0 aliphatic rings. The Morgan fingerprint density at radius 1 is 1.62 bits per heavy atom. The standard InChI is InChI=1S/C9H10BrN3/c1-11-6-9-12-5-8-4-7(10)2-3-13(8)9/h2-5,11H,6H2,1H3. The molecule has 0 atom stereocenters. The van der Waals surface area contributed by atoms with Gasteiger partial charge >= 0.3 is 0 Å². The summed E-state index contributed by atoms with van der Waals surface area (Å²) in [5, 5.41) is 3.08. The summed E-state index contributed by atoms with van der Waals surface area (Å²) in [6, 6.07) is 4.06. The molecule has 0 fully saturated rings. The lowest BCUT2D eigenvalue weighted by Gasteiger charge is -1.99. The number of fused-ring (bicyclic) bond motifs is 1. The Kier molecular flexibility index (Phi) is 2.33. The predicted molar refractivity (Wildman–Crippen MR) is 55.7 cm³/mol. The Hall–Kier alpha value is -0.870. The van der Waals surface area contributed by atoms with Gasteiger partial charge in [-0.15, -0.1) is 0 Å². The first-order chi connectivity index (χ1) is 6.31. The Bertz CT molecular complexity index is 422. The van der Waals surface area contributed by atoms with Gasteiger partial charge in [-0.05, 0) is 19.2 Å². The van der Waals surface area contributed by atoms with Crippen molar-refractivity contribution in [1.82, 2.24) is 14.7 Å². The van der Waals surface area contributed by atoms with Crippen molar-refractivity contribution in [1.29, 1.82) is 0 Å². The first-order valence-corrected chi connectivity index (χ1v) is 4.86. The molecular weight excluding hydrogens is 230 g/mol. The summed E-state index contributed by atoms with van der Waals surface area (Å²) in [4.78, 5) is 4.31. The molecule has 4 heteroatoms. The van der Waals surface area contributed by atoms with Crippen LogP contribution in [0.25, 0.3) is 5.52 Å². The Balaban J connectivity index is 2.55. The van der Waals surface area contributed by atoms with Gasteiger partial charge < -0.3 is 9.72 Å². The lowest BCUT2D eigenvalue weighted by atomic mass is 10.4. The smallest absolute Gasteiger partial charge is 0.127 e. The second-order valence-corrected chi connectivity index (χ2v) is 3.76. The second-order valence-electron chi connectivity index (χ2n) is 2.84. The maximum absolute atomic E-state index is 4.31. The summed E-state index contributed by atoms with van der Waals surface area (Å²) in [5.41, 5.74) is 1.11. The van der Waals surface area contributed by atoms with E-state index in [4.69, 9.17) is 0 Å². The molecule has 3 nitrogen and oxygen atoms in total. The molecule has 0 aliphatic carbocycles. The summed E-state index contributed by atoms with van der Waals surface area (Å²) >= 11 is 3.42. The summed E-state index contributed by atoms with van der Waals surface area (Å²) in [5.74, 6) is 1.03. The van der Waals surface area contributed by atoms with Gasteiger partial charge in [0.05, 0.1) is 18.3 Å². The maximum Gasteiger partial charge on any atom is 0.127 e. The molecule has 0 saturated carbocycles. The molecule has 2 aromatic heterocycles. The van der Waals surface area contributed by atoms with E-state index in [9.17, 15) is 0 Å². The molecule has 68 valence electrons. The van der Waals surface area contributed by atoms with Crippen molar-refractivity contribution in [3.63, 3.8) is 0 Å². The topological polar surface area (TPSA) is 29.3 Å². The number of nitrogens with one attached hydrogen (secondary N) is 1. The minimum Gasteiger partial charge on any atom is -0.313 e. The van der Waals surface area contributed by atoms with Crippen LogP contribution in [0.4, 0.5) is 0 Å². The van der Waals surface area contributed by atoms with Crippen LogP contribution in [0.3, 0.4) is 0 Å². The van der Waals surface area contributed by atoms with Crippen molar-refractivity contribution in [2.24, 2.45) is 0 Å². The number of nitrogens with zero attached hydrogens (tertiary/aromatic N) is 2. The molecule has 2 rings (SSSR count). The molecule has 0 aliphatic heterocycles. The molecule has 0 radical (unpaired) electrons. The van der Waals surface area contributed by atoms with Crippen LogP contribution in [-0.4, -0.2) is 16.4 Å². The fourth-order valence-corrected chi connectivity index (χ4v) is 1.67. The highest BCUT2D eigenvalue weighted by atomic mass is 79.9. The normalized spacial score (nSPS) is 10.9. The van der Waals surface area contributed by atoms with E-state index in [2.05, 4.69) is 30.6 Å². The average Bonchev–Trinajstić information content (AvgIpc) is 2.49. The minimum atomic E-state index is 0.787. The van der Waals surface area contributed by atoms with Crippen LogP contribution in [0, 0.1) is 0 Å². The van der Waals surface area contributed by atoms with Crippen molar-refractivity contribution < 1.29 is 0 Å². The number of halogens is 1. The van der Waals surface area contributed by atoms with E-state index in [0.29, 0.717) is 0 Å². The third kappa shape index (κ3) is 1.59. The van der Waals surface area contributed by atoms with Crippen LogP contribution in [0.5, 0.6) is 0 Å². The highest BCUT2D eigenvalue weighted by Gasteiger charge is 2.01. The van der Waals surface area contributed by atoms with Crippen LogP contribution >= 0.6 is 15.9 Å². The zero-order valence-corrected chi connectivity index (χ0v) is 8.87. The van der Waals surface area contributed by atoms with E-state index in [1.165, 1.54) is 0 Å². The molecule has 1 N–H and O–H groups in total. The molecule has 13 heavy (non-hydrogen) atoms. The van der Waals surface area contributed by atoms with Gasteiger partial charge in [0.15, 0.2) is 0 Å². The van der Waals surface area contributed by atoms with Gasteiger partial charge in [-0.25, -0.2) is 4.98 Å². The first kappa shape index (κ1) is 8.72. The first-order valence-electron chi connectivity index (χ1n) is 4.07. The van der Waals surface area contributed by atoms with Crippen LogP contribution in [0.2, 0.25) is 0 Å². The monoisotopic (exact) mass is 239 g/mol. The van der Waals surface area contributed by atoms with Gasteiger partial charge in [-0.3, -0.25) is 0 Å². The number of aromatic nitrogens is 2. The molecule has 2 aromatic rings. The van der Waals surface area contributed by atoms with Gasteiger partial charge in [0.2, 0.25) is 0 Å². The quantitative estimate of drug-likeness (QED) is 0.867. The number of rotatable bonds is 2. The zero-order chi connectivity index (χ0) is 9.26. The molecule has 0 unspecified atom stereocenters. The van der Waals surface area contributed by atoms with Crippen molar-refractivity contribution in [2.45, 2.75) is 6.54 Å². The highest BCUT2D eigenvalue weighted by molar-refractivity contribution is 9.10. The van der Waals surface area contributed by atoms with E-state index < -0.39 is 0 Å². The Morgan fingerprint density at radius 2 is 2.46 bits per heavy atom. The van der Waals surface area contributed by atoms with Crippen LogP contribution in [0.1, 0.15) is 5.82 Å². The average molecular weight is 240 g/mol. The zero-order valence-electron chi connectivity index (χ0n) is 7.29. The number of imidazole rings is 1. The fourth-order valence-electron chi connectivity index (χ4n) is 1.32. The lowest BCUT2D eigenvalue weighted by molar-refractivity contribution is 0.755. The highest BCUT2D eigenvalue weighted by Crippen LogP contribution is 2.14. The van der Waals surface area contributed by atoms with Crippen molar-refractivity contribution in [3.8, 4) is 0 Å². The minimum absolute atomic E-state index is 0.787. The van der Waals surface area contributed by atoms with E-state index in [0.717, 1.165) is 22.4 Å². The summed E-state index contributed by atoms with van der Waals surface area (Å²) in [7, 11) is 1.92. The van der Waals surface area contributed by atoms with Crippen LogP contribution in [-0.2, 0) is 6.54 Å². The van der Waals surface area contributed by atoms with E-state index in [1.54, 1.807) is 0 Å². The second kappa shape index (κ2) is 3.47. The van der Waals surface area contributed by atoms with Gasteiger partial charge in [0, 0.05) is 10.7 Å². The number of hydrogen-bond donors (Lipinski definition) is 1. The summed E-state index contributed by atoms with van der Waals surface area (Å²) in [6.07, 6.45) is 3.89. The molecule has 2 heterocycles. The molecule has 0 aromatic carbocycles. The molecule has 0 spiro atoms. The van der Waals surface area contributed by atoms with E-state index in [1.807, 2.05) is 31.6 Å². The number of pyridine rings is 1.